The van der Waals surface area contributed by atoms with Gasteiger partial charge in [-0.2, -0.15) is 0 Å². The van der Waals surface area contributed by atoms with Gasteiger partial charge >= 0.3 is 0 Å². The van der Waals surface area contributed by atoms with Crippen molar-refractivity contribution in [2.75, 3.05) is 19.7 Å². The molecule has 2 aliphatic rings. The van der Waals surface area contributed by atoms with Crippen LogP contribution in [0.1, 0.15) is 57.8 Å². The van der Waals surface area contributed by atoms with E-state index in [1.165, 1.54) is 32.1 Å². The highest BCUT2D eigenvalue weighted by molar-refractivity contribution is 5.76. The molecule has 2 rings (SSSR count). The fourth-order valence-electron chi connectivity index (χ4n) is 3.49. The first kappa shape index (κ1) is 13.9. The molecule has 0 aromatic heterocycles. The molecule has 1 atom stereocenters. The summed E-state index contributed by atoms with van der Waals surface area (Å²) in [5.74, 6) is 1.69. The van der Waals surface area contributed by atoms with Crippen LogP contribution in [0.5, 0.6) is 0 Å². The summed E-state index contributed by atoms with van der Waals surface area (Å²) in [7, 11) is 0. The summed E-state index contributed by atoms with van der Waals surface area (Å²) in [6, 6.07) is 0. The lowest BCUT2D eigenvalue weighted by molar-refractivity contribution is -0.133. The van der Waals surface area contributed by atoms with Crippen molar-refractivity contribution in [1.82, 2.24) is 4.90 Å². The smallest absolute Gasteiger partial charge is 0.222 e. The highest BCUT2D eigenvalue weighted by atomic mass is 16.3. The third kappa shape index (κ3) is 3.98. The molecule has 1 heterocycles. The Morgan fingerprint density at radius 2 is 1.78 bits per heavy atom. The Hall–Kier alpha value is -0.570. The van der Waals surface area contributed by atoms with E-state index in [0.29, 0.717) is 11.8 Å². The molecule has 18 heavy (non-hydrogen) atoms. The highest BCUT2D eigenvalue weighted by Crippen LogP contribution is 2.29. The second-order valence-electron chi connectivity index (χ2n) is 6.05. The van der Waals surface area contributed by atoms with Gasteiger partial charge in [0, 0.05) is 26.1 Å². The Balaban J connectivity index is 1.70. The highest BCUT2D eigenvalue weighted by Gasteiger charge is 2.24. The molecule has 1 amide bonds. The lowest BCUT2D eigenvalue weighted by atomic mass is 9.94. The second kappa shape index (κ2) is 7.13. The van der Waals surface area contributed by atoms with E-state index in [9.17, 15) is 4.79 Å². The average Bonchev–Trinajstić information content (AvgIpc) is 2.90. The van der Waals surface area contributed by atoms with E-state index >= 15 is 0 Å². The van der Waals surface area contributed by atoms with E-state index in [4.69, 9.17) is 5.11 Å². The molecule has 0 bridgehead atoms. The fraction of sp³-hybridized carbons (Fsp3) is 0.933. The monoisotopic (exact) mass is 253 g/mol. The number of likely N-dealkylation sites (tertiary alicyclic amines) is 1. The van der Waals surface area contributed by atoms with Gasteiger partial charge in [0.15, 0.2) is 0 Å². The van der Waals surface area contributed by atoms with Gasteiger partial charge in [-0.1, -0.05) is 25.7 Å². The van der Waals surface area contributed by atoms with Gasteiger partial charge in [-0.25, -0.2) is 0 Å². The van der Waals surface area contributed by atoms with Gasteiger partial charge in [0.1, 0.15) is 0 Å². The summed E-state index contributed by atoms with van der Waals surface area (Å²) < 4.78 is 0. The molecule has 0 aromatic carbocycles. The first-order chi connectivity index (χ1) is 8.79. The first-order valence-corrected chi connectivity index (χ1v) is 7.68. The van der Waals surface area contributed by atoms with Crippen molar-refractivity contribution >= 4 is 5.91 Å². The number of amides is 1. The number of aliphatic hydroxyl groups is 1. The summed E-state index contributed by atoms with van der Waals surface area (Å²) in [4.78, 5) is 14.2. The maximum absolute atomic E-state index is 12.2. The Bertz CT molecular complexity index is 259. The van der Waals surface area contributed by atoms with Crippen LogP contribution in [0.3, 0.4) is 0 Å². The van der Waals surface area contributed by atoms with E-state index in [-0.39, 0.29) is 6.61 Å². The molecule has 3 nitrogen and oxygen atoms in total. The summed E-state index contributed by atoms with van der Waals surface area (Å²) in [6.07, 6.45) is 10.4. The van der Waals surface area contributed by atoms with Crippen molar-refractivity contribution in [1.29, 1.82) is 0 Å². The lowest BCUT2D eigenvalue weighted by Gasteiger charge is -2.32. The van der Waals surface area contributed by atoms with Crippen LogP contribution in [0, 0.1) is 11.8 Å². The van der Waals surface area contributed by atoms with Crippen molar-refractivity contribution in [2.24, 2.45) is 11.8 Å². The van der Waals surface area contributed by atoms with E-state index in [1.54, 1.807) is 0 Å². The van der Waals surface area contributed by atoms with E-state index in [2.05, 4.69) is 0 Å². The minimum atomic E-state index is 0.259. The van der Waals surface area contributed by atoms with Crippen LogP contribution in [0.2, 0.25) is 0 Å². The average molecular weight is 253 g/mol. The van der Waals surface area contributed by atoms with Gasteiger partial charge in [0.05, 0.1) is 0 Å². The van der Waals surface area contributed by atoms with Gasteiger partial charge in [0.2, 0.25) is 5.91 Å². The topological polar surface area (TPSA) is 40.5 Å². The van der Waals surface area contributed by atoms with E-state index in [0.717, 1.165) is 44.7 Å². The van der Waals surface area contributed by atoms with Crippen LogP contribution in [0.15, 0.2) is 0 Å². The molecule has 104 valence electrons. The quantitative estimate of drug-likeness (QED) is 0.818. The van der Waals surface area contributed by atoms with Crippen LogP contribution in [0.25, 0.3) is 0 Å². The Kier molecular flexibility index (Phi) is 5.48. The van der Waals surface area contributed by atoms with Gasteiger partial charge in [-0.3, -0.25) is 4.79 Å². The minimum Gasteiger partial charge on any atom is -0.396 e. The number of aliphatic hydroxyl groups excluding tert-OH is 1. The van der Waals surface area contributed by atoms with Crippen molar-refractivity contribution in [2.45, 2.75) is 57.8 Å². The lowest BCUT2D eigenvalue weighted by Crippen LogP contribution is -2.40. The summed E-state index contributed by atoms with van der Waals surface area (Å²) >= 11 is 0. The molecule has 0 spiro atoms. The first-order valence-electron chi connectivity index (χ1n) is 7.68. The molecule has 1 saturated carbocycles. The number of rotatable bonds is 5. The molecular formula is C15H27NO2. The maximum Gasteiger partial charge on any atom is 0.222 e. The van der Waals surface area contributed by atoms with Crippen molar-refractivity contribution < 1.29 is 9.90 Å². The zero-order valence-corrected chi connectivity index (χ0v) is 11.4. The Morgan fingerprint density at radius 3 is 2.50 bits per heavy atom. The van der Waals surface area contributed by atoms with Crippen molar-refractivity contribution in [3.63, 3.8) is 0 Å². The number of piperidine rings is 1. The molecule has 2 fully saturated rings. The molecule has 1 unspecified atom stereocenters. The normalized spacial score (nSPS) is 25.6. The number of hydrogen-bond acceptors (Lipinski definition) is 2. The molecule has 1 saturated heterocycles. The van der Waals surface area contributed by atoms with Crippen LogP contribution in [-0.4, -0.2) is 35.6 Å². The van der Waals surface area contributed by atoms with Gasteiger partial charge < -0.3 is 10.0 Å². The molecule has 1 aliphatic carbocycles. The van der Waals surface area contributed by atoms with Crippen LogP contribution >= 0.6 is 0 Å². The molecule has 1 aliphatic heterocycles. The zero-order valence-electron chi connectivity index (χ0n) is 11.4. The Labute approximate surface area is 111 Å². The molecule has 0 aromatic rings. The van der Waals surface area contributed by atoms with E-state index < -0.39 is 0 Å². The van der Waals surface area contributed by atoms with Gasteiger partial charge in [-0.05, 0) is 37.5 Å². The SMILES string of the molecule is O=C(CCC1CCCC1)N1CCCC(CCO)C1. The number of nitrogens with zero attached hydrogens (tertiary/aromatic N) is 1. The predicted octanol–water partition coefficient (Wildman–Crippen LogP) is 2.58. The molecule has 0 radical (unpaired) electrons. The second-order valence-corrected chi connectivity index (χ2v) is 6.05. The van der Waals surface area contributed by atoms with Crippen LogP contribution in [-0.2, 0) is 4.79 Å². The number of carbonyl (C=O) groups excluding carboxylic acids is 1. The predicted molar refractivity (Wildman–Crippen MR) is 72.2 cm³/mol. The third-order valence-corrected chi connectivity index (χ3v) is 4.65. The minimum absolute atomic E-state index is 0.259. The summed E-state index contributed by atoms with van der Waals surface area (Å²) in [6.45, 7) is 2.07. The van der Waals surface area contributed by atoms with E-state index in [1.807, 2.05) is 4.90 Å². The van der Waals surface area contributed by atoms with Crippen molar-refractivity contribution in [3.8, 4) is 0 Å². The molecule has 1 N–H and O–H groups in total. The Morgan fingerprint density at radius 1 is 1.06 bits per heavy atom. The third-order valence-electron chi connectivity index (χ3n) is 4.65. The van der Waals surface area contributed by atoms with Crippen LogP contribution in [0.4, 0.5) is 0 Å². The molecular weight excluding hydrogens is 226 g/mol. The number of carbonyl (C=O) groups is 1. The molecule has 3 heteroatoms. The van der Waals surface area contributed by atoms with Crippen LogP contribution < -0.4 is 0 Å². The summed E-state index contributed by atoms with van der Waals surface area (Å²) in [5, 5.41) is 8.99. The zero-order chi connectivity index (χ0) is 12.8. The summed E-state index contributed by atoms with van der Waals surface area (Å²) in [5.41, 5.74) is 0. The van der Waals surface area contributed by atoms with Gasteiger partial charge in [0.25, 0.3) is 0 Å². The van der Waals surface area contributed by atoms with Gasteiger partial charge in [-0.15, -0.1) is 0 Å². The van der Waals surface area contributed by atoms with Crippen molar-refractivity contribution in [3.05, 3.63) is 0 Å². The fourth-order valence-corrected chi connectivity index (χ4v) is 3.49. The number of hydrogen-bond donors (Lipinski definition) is 1. The maximum atomic E-state index is 12.2. The standard InChI is InChI=1S/C15H27NO2/c17-11-9-14-6-3-10-16(12-14)15(18)8-7-13-4-1-2-5-13/h13-14,17H,1-12H2. The largest absolute Gasteiger partial charge is 0.396 e.